The zero-order valence-electron chi connectivity index (χ0n) is 20.4. The summed E-state index contributed by atoms with van der Waals surface area (Å²) >= 11 is 2.01. The molecule has 4 aromatic rings. The number of aryl methyl sites for hydroxylation is 4. The van der Waals surface area contributed by atoms with Gasteiger partial charge in [-0.05, 0) is 44.0 Å². The van der Waals surface area contributed by atoms with E-state index in [4.69, 9.17) is 19.2 Å². The van der Waals surface area contributed by atoms with Gasteiger partial charge in [-0.25, -0.2) is 14.4 Å². The van der Waals surface area contributed by atoms with Crippen molar-refractivity contribution in [3.05, 3.63) is 59.1 Å². The Morgan fingerprint density at radius 1 is 1.11 bits per heavy atom. The summed E-state index contributed by atoms with van der Waals surface area (Å²) in [5.41, 5.74) is 5.41. The Balaban J connectivity index is 1.45. The molecule has 1 aliphatic rings. The zero-order chi connectivity index (χ0) is 24.4. The zero-order valence-corrected chi connectivity index (χ0v) is 21.2. The lowest BCUT2D eigenvalue weighted by Crippen LogP contribution is -2.35. The lowest BCUT2D eigenvalue weighted by atomic mass is 10.1. The molecule has 1 aliphatic heterocycles. The quantitative estimate of drug-likeness (QED) is 0.351. The van der Waals surface area contributed by atoms with Crippen molar-refractivity contribution in [1.82, 2.24) is 24.6 Å². The lowest BCUT2D eigenvalue weighted by molar-refractivity contribution is 0.289. The first-order valence-corrected chi connectivity index (χ1v) is 13.1. The molecule has 0 bridgehead atoms. The van der Waals surface area contributed by atoms with Gasteiger partial charge >= 0.3 is 0 Å². The van der Waals surface area contributed by atoms with Gasteiger partial charge in [0.15, 0.2) is 17.2 Å². The van der Waals surface area contributed by atoms with Gasteiger partial charge in [0, 0.05) is 61.4 Å². The fraction of sp³-hybridized carbons (Fsp3) is 0.423. The number of ether oxygens (including phenoxy) is 1. The van der Waals surface area contributed by atoms with Crippen LogP contribution in [0.1, 0.15) is 22.8 Å². The molecule has 9 heteroatoms. The van der Waals surface area contributed by atoms with Crippen LogP contribution in [0, 0.1) is 19.7 Å². The predicted molar refractivity (Wildman–Crippen MR) is 137 cm³/mol. The number of fused-ring (bicyclic) bond motifs is 1. The van der Waals surface area contributed by atoms with Crippen LogP contribution in [0.15, 0.2) is 35.0 Å². The first kappa shape index (κ1) is 23.8. The third kappa shape index (κ3) is 5.06. The van der Waals surface area contributed by atoms with Crippen LogP contribution in [0.3, 0.4) is 0 Å². The number of thioether (sulfide) groups is 1. The summed E-state index contributed by atoms with van der Waals surface area (Å²) in [6.07, 6.45) is 3.26. The van der Waals surface area contributed by atoms with Gasteiger partial charge in [-0.3, -0.25) is 4.90 Å². The summed E-state index contributed by atoms with van der Waals surface area (Å²) in [7, 11) is 1.48. The van der Waals surface area contributed by atoms with E-state index in [9.17, 15) is 4.39 Å². The van der Waals surface area contributed by atoms with E-state index in [0.29, 0.717) is 12.8 Å². The third-order valence-corrected chi connectivity index (χ3v) is 7.53. The van der Waals surface area contributed by atoms with Crippen LogP contribution in [0.25, 0.3) is 22.3 Å². The van der Waals surface area contributed by atoms with E-state index < -0.39 is 0 Å². The van der Waals surface area contributed by atoms with Crippen molar-refractivity contribution in [2.45, 2.75) is 33.2 Å². The monoisotopic (exact) mass is 495 g/mol. The van der Waals surface area contributed by atoms with Crippen molar-refractivity contribution in [3.8, 4) is 16.9 Å². The van der Waals surface area contributed by atoms with Gasteiger partial charge in [-0.15, -0.1) is 0 Å². The normalized spacial score (nSPS) is 14.6. The maximum Gasteiger partial charge on any atom is 0.165 e. The molecule has 1 saturated heterocycles. The van der Waals surface area contributed by atoms with Crippen molar-refractivity contribution >= 4 is 22.9 Å². The molecule has 4 heterocycles. The van der Waals surface area contributed by atoms with Crippen molar-refractivity contribution in [2.75, 3.05) is 38.2 Å². The number of benzene rings is 1. The molecule has 0 aliphatic carbocycles. The van der Waals surface area contributed by atoms with Gasteiger partial charge in [-0.2, -0.15) is 11.8 Å². The summed E-state index contributed by atoms with van der Waals surface area (Å²) in [5.74, 6) is 4.02. The molecule has 184 valence electrons. The molecule has 0 atom stereocenters. The highest BCUT2D eigenvalue weighted by molar-refractivity contribution is 7.99. The van der Waals surface area contributed by atoms with Crippen molar-refractivity contribution in [1.29, 1.82) is 0 Å². The molecule has 1 fully saturated rings. The molecule has 3 aromatic heterocycles. The molecule has 0 saturated carbocycles. The molecule has 0 N–H and O–H groups in total. The molecule has 0 amide bonds. The number of hydrogen-bond donors (Lipinski definition) is 0. The average Bonchev–Trinajstić information content (AvgIpc) is 3.39. The number of methoxy groups -OCH3 is 1. The highest BCUT2D eigenvalue weighted by Crippen LogP contribution is 2.29. The fourth-order valence-electron chi connectivity index (χ4n) is 4.70. The molecular formula is C26H30FN5O2S. The summed E-state index contributed by atoms with van der Waals surface area (Å²) in [5, 5.41) is 4.08. The second kappa shape index (κ2) is 10.4. The second-order valence-corrected chi connectivity index (χ2v) is 10.1. The van der Waals surface area contributed by atoms with Crippen molar-refractivity contribution < 1.29 is 13.7 Å². The molecule has 1 aromatic carbocycles. The minimum absolute atomic E-state index is 0.261. The number of halogens is 1. The van der Waals surface area contributed by atoms with E-state index in [0.717, 1.165) is 71.3 Å². The molecule has 0 radical (unpaired) electrons. The smallest absolute Gasteiger partial charge is 0.165 e. The van der Waals surface area contributed by atoms with Gasteiger partial charge < -0.3 is 13.8 Å². The maximum atomic E-state index is 14.2. The Bertz CT molecular complexity index is 1310. The largest absolute Gasteiger partial charge is 0.494 e. The fourth-order valence-corrected chi connectivity index (χ4v) is 5.68. The number of aromatic nitrogens is 4. The summed E-state index contributed by atoms with van der Waals surface area (Å²) < 4.78 is 26.9. The predicted octanol–water partition coefficient (Wildman–Crippen LogP) is 4.68. The van der Waals surface area contributed by atoms with Gasteiger partial charge in [0.05, 0.1) is 12.8 Å². The van der Waals surface area contributed by atoms with E-state index in [2.05, 4.69) is 20.7 Å². The van der Waals surface area contributed by atoms with E-state index in [1.165, 1.54) is 18.6 Å². The lowest BCUT2D eigenvalue weighted by Gasteiger charge is -2.26. The summed E-state index contributed by atoms with van der Waals surface area (Å²) in [4.78, 5) is 12.3. The highest BCUT2D eigenvalue weighted by Gasteiger charge is 2.18. The number of nitrogens with zero attached hydrogens (tertiary/aromatic N) is 5. The molecular weight excluding hydrogens is 465 g/mol. The average molecular weight is 496 g/mol. The van der Waals surface area contributed by atoms with Crippen molar-refractivity contribution in [2.24, 2.45) is 0 Å². The number of rotatable bonds is 8. The minimum Gasteiger partial charge on any atom is -0.494 e. The van der Waals surface area contributed by atoms with Crippen LogP contribution in [0.5, 0.6) is 5.75 Å². The third-order valence-electron chi connectivity index (χ3n) is 6.58. The van der Waals surface area contributed by atoms with Gasteiger partial charge in [0.25, 0.3) is 0 Å². The first-order chi connectivity index (χ1) is 17.0. The van der Waals surface area contributed by atoms with Crippen molar-refractivity contribution in [3.63, 3.8) is 0 Å². The Kier molecular flexibility index (Phi) is 7.06. The van der Waals surface area contributed by atoms with Gasteiger partial charge in [-0.1, -0.05) is 11.2 Å². The van der Waals surface area contributed by atoms with Crippen LogP contribution in [0.4, 0.5) is 4.39 Å². The number of imidazole rings is 1. The molecule has 35 heavy (non-hydrogen) atoms. The Labute approximate surface area is 208 Å². The SMILES string of the molecule is COc1ccc(CCc2nc3cc(-c4c(C)noc4C)cnc3n2CCN2CCSCC2)cc1F. The Hall–Kier alpha value is -2.91. The summed E-state index contributed by atoms with van der Waals surface area (Å²) in [6.45, 7) is 7.86. The second-order valence-electron chi connectivity index (χ2n) is 8.87. The Morgan fingerprint density at radius 3 is 2.66 bits per heavy atom. The molecule has 5 rings (SSSR count). The maximum absolute atomic E-state index is 14.2. The van der Waals surface area contributed by atoms with E-state index in [1.54, 1.807) is 12.1 Å². The molecule has 0 spiro atoms. The van der Waals surface area contributed by atoms with Gasteiger partial charge in [0.2, 0.25) is 0 Å². The topological polar surface area (TPSA) is 69.2 Å². The highest BCUT2D eigenvalue weighted by atomic mass is 32.2. The number of hydrogen-bond acceptors (Lipinski definition) is 7. The standard InChI is InChI=1S/C26H30FN5O2S/c1-17-25(18(2)34-30-17)20-15-22-26(28-16-20)32(9-8-31-10-12-35-13-11-31)24(29-22)7-5-19-4-6-23(33-3)21(27)14-19/h4,6,14-16H,5,7-13H2,1-3H3. The number of pyridine rings is 1. The van der Waals surface area contributed by atoms with Gasteiger partial charge in [0.1, 0.15) is 17.1 Å². The van der Waals surface area contributed by atoms with Crippen LogP contribution in [0.2, 0.25) is 0 Å². The first-order valence-electron chi connectivity index (χ1n) is 11.9. The van der Waals surface area contributed by atoms with E-state index in [1.807, 2.05) is 37.9 Å². The van der Waals surface area contributed by atoms with E-state index >= 15 is 0 Å². The van der Waals surface area contributed by atoms with Crippen LogP contribution in [-0.4, -0.2) is 62.8 Å². The van der Waals surface area contributed by atoms with Crippen LogP contribution in [-0.2, 0) is 19.4 Å². The van der Waals surface area contributed by atoms with Crippen LogP contribution >= 0.6 is 11.8 Å². The summed E-state index contributed by atoms with van der Waals surface area (Å²) in [6, 6.07) is 7.21. The molecule has 7 nitrogen and oxygen atoms in total. The van der Waals surface area contributed by atoms with Crippen LogP contribution < -0.4 is 4.74 Å². The molecule has 0 unspecified atom stereocenters. The minimum atomic E-state index is -0.341. The Morgan fingerprint density at radius 2 is 1.94 bits per heavy atom. The van der Waals surface area contributed by atoms with E-state index in [-0.39, 0.29) is 11.6 Å².